The lowest BCUT2D eigenvalue weighted by Crippen LogP contribution is -2.19. The molecule has 0 saturated heterocycles. The van der Waals surface area contributed by atoms with Crippen molar-refractivity contribution in [2.24, 2.45) is 0 Å². The maximum atomic E-state index is 11.8. The van der Waals surface area contributed by atoms with E-state index in [1.54, 1.807) is 36.4 Å². The van der Waals surface area contributed by atoms with Gasteiger partial charge in [-0.25, -0.2) is 4.79 Å². The fourth-order valence-corrected chi connectivity index (χ4v) is 1.89. The third-order valence-corrected chi connectivity index (χ3v) is 3.20. The third-order valence-electron chi connectivity index (χ3n) is 2.80. The molecule has 0 unspecified atom stereocenters. The summed E-state index contributed by atoms with van der Waals surface area (Å²) in [5.74, 6) is 0. The van der Waals surface area contributed by atoms with E-state index in [0.29, 0.717) is 16.4 Å². The zero-order chi connectivity index (χ0) is 14.5. The van der Waals surface area contributed by atoms with Gasteiger partial charge >= 0.3 is 6.03 Å². The van der Waals surface area contributed by atoms with Gasteiger partial charge in [-0.05, 0) is 42.3 Å². The quantitative estimate of drug-likeness (QED) is 0.805. The van der Waals surface area contributed by atoms with Crippen LogP contribution in [0, 0.1) is 6.92 Å². The molecule has 20 heavy (non-hydrogen) atoms. The second kappa shape index (κ2) is 6.41. The summed E-state index contributed by atoms with van der Waals surface area (Å²) in [7, 11) is 0. The molecule has 0 radical (unpaired) electrons. The largest absolute Gasteiger partial charge is 0.392 e. The summed E-state index contributed by atoms with van der Waals surface area (Å²) in [6.45, 7) is 1.83. The summed E-state index contributed by atoms with van der Waals surface area (Å²) >= 11 is 6.00. The Morgan fingerprint density at radius 1 is 1.15 bits per heavy atom. The van der Waals surface area contributed by atoms with Gasteiger partial charge in [0.05, 0.1) is 6.61 Å². The SMILES string of the molecule is Cc1ccc(NC(=O)Nc2cccc(CO)c2)cc1Cl. The first-order chi connectivity index (χ1) is 9.58. The standard InChI is InChI=1S/C15H15ClN2O2/c1-10-5-6-13(8-14(10)16)18-15(20)17-12-4-2-3-11(7-12)9-19/h2-8,19H,9H2,1H3,(H2,17,18,20). The van der Waals surface area contributed by atoms with E-state index in [4.69, 9.17) is 16.7 Å². The smallest absolute Gasteiger partial charge is 0.323 e. The van der Waals surface area contributed by atoms with Crippen molar-refractivity contribution in [2.45, 2.75) is 13.5 Å². The van der Waals surface area contributed by atoms with Crippen LogP contribution in [0.1, 0.15) is 11.1 Å². The summed E-state index contributed by atoms with van der Waals surface area (Å²) in [5.41, 5.74) is 2.93. The summed E-state index contributed by atoms with van der Waals surface area (Å²) in [5, 5.41) is 15.0. The molecule has 4 nitrogen and oxygen atoms in total. The van der Waals surface area contributed by atoms with Gasteiger partial charge in [0.15, 0.2) is 0 Å². The number of carbonyl (C=O) groups is 1. The van der Waals surface area contributed by atoms with Gasteiger partial charge in [-0.15, -0.1) is 0 Å². The number of nitrogens with one attached hydrogen (secondary N) is 2. The molecule has 5 heteroatoms. The number of hydrogen-bond donors (Lipinski definition) is 3. The highest BCUT2D eigenvalue weighted by atomic mass is 35.5. The van der Waals surface area contributed by atoms with Gasteiger partial charge in [0.25, 0.3) is 0 Å². The normalized spacial score (nSPS) is 10.2. The molecular formula is C15H15ClN2O2. The zero-order valence-electron chi connectivity index (χ0n) is 11.0. The zero-order valence-corrected chi connectivity index (χ0v) is 11.7. The average Bonchev–Trinajstić information content (AvgIpc) is 2.43. The lowest BCUT2D eigenvalue weighted by molar-refractivity contribution is 0.262. The molecule has 0 atom stereocenters. The Hall–Kier alpha value is -2.04. The minimum atomic E-state index is -0.361. The van der Waals surface area contributed by atoms with Gasteiger partial charge in [-0.3, -0.25) is 0 Å². The number of halogens is 1. The molecule has 3 N–H and O–H groups in total. The van der Waals surface area contributed by atoms with Crippen molar-refractivity contribution in [2.75, 3.05) is 10.6 Å². The molecule has 0 saturated carbocycles. The molecular weight excluding hydrogens is 276 g/mol. The van der Waals surface area contributed by atoms with E-state index in [0.717, 1.165) is 11.1 Å². The molecule has 2 amide bonds. The van der Waals surface area contributed by atoms with Crippen molar-refractivity contribution in [1.82, 2.24) is 0 Å². The first-order valence-electron chi connectivity index (χ1n) is 6.12. The van der Waals surface area contributed by atoms with Crippen LogP contribution in [0.5, 0.6) is 0 Å². The number of urea groups is 1. The van der Waals surface area contributed by atoms with Crippen LogP contribution in [0.4, 0.5) is 16.2 Å². The van der Waals surface area contributed by atoms with Crippen molar-refractivity contribution < 1.29 is 9.90 Å². The number of hydrogen-bond acceptors (Lipinski definition) is 2. The molecule has 0 heterocycles. The minimum Gasteiger partial charge on any atom is -0.392 e. The van der Waals surface area contributed by atoms with Crippen LogP contribution in [-0.2, 0) is 6.61 Å². The Morgan fingerprint density at radius 2 is 1.85 bits per heavy atom. The van der Waals surface area contributed by atoms with E-state index in [-0.39, 0.29) is 12.6 Å². The number of aliphatic hydroxyl groups is 1. The highest BCUT2D eigenvalue weighted by Crippen LogP contribution is 2.20. The van der Waals surface area contributed by atoms with Crippen molar-refractivity contribution in [1.29, 1.82) is 0 Å². The molecule has 2 rings (SSSR count). The second-order valence-corrected chi connectivity index (χ2v) is 4.81. The van der Waals surface area contributed by atoms with Crippen molar-refractivity contribution in [3.63, 3.8) is 0 Å². The molecule has 0 aromatic heterocycles. The predicted octanol–water partition coefficient (Wildman–Crippen LogP) is 3.78. The van der Waals surface area contributed by atoms with Gasteiger partial charge in [0.1, 0.15) is 0 Å². The second-order valence-electron chi connectivity index (χ2n) is 4.40. The monoisotopic (exact) mass is 290 g/mol. The highest BCUT2D eigenvalue weighted by molar-refractivity contribution is 6.31. The summed E-state index contributed by atoms with van der Waals surface area (Å²) in [4.78, 5) is 11.8. The van der Waals surface area contributed by atoms with Gasteiger partial charge in [0, 0.05) is 16.4 Å². The van der Waals surface area contributed by atoms with Gasteiger partial charge in [-0.2, -0.15) is 0 Å². The molecule has 0 fully saturated rings. The average molecular weight is 291 g/mol. The third kappa shape index (κ3) is 3.73. The Balaban J connectivity index is 2.03. The molecule has 2 aromatic carbocycles. The number of carbonyl (C=O) groups excluding carboxylic acids is 1. The van der Waals surface area contributed by atoms with Crippen molar-refractivity contribution >= 4 is 29.0 Å². The van der Waals surface area contributed by atoms with Crippen molar-refractivity contribution in [3.8, 4) is 0 Å². The summed E-state index contributed by atoms with van der Waals surface area (Å²) in [6, 6.07) is 12.0. The van der Waals surface area contributed by atoms with Crippen LogP contribution in [0.15, 0.2) is 42.5 Å². The number of anilines is 2. The van der Waals surface area contributed by atoms with Crippen LogP contribution in [0.25, 0.3) is 0 Å². The molecule has 0 aliphatic rings. The Kier molecular flexibility index (Phi) is 4.61. The predicted molar refractivity (Wildman–Crippen MR) is 81.2 cm³/mol. The van der Waals surface area contributed by atoms with Gasteiger partial charge in [-0.1, -0.05) is 29.8 Å². The van der Waals surface area contributed by atoms with E-state index in [1.165, 1.54) is 0 Å². The van der Waals surface area contributed by atoms with E-state index in [9.17, 15) is 4.79 Å². The number of aryl methyl sites for hydroxylation is 1. The molecule has 0 aliphatic carbocycles. The minimum absolute atomic E-state index is 0.0648. The van der Waals surface area contributed by atoms with E-state index in [1.807, 2.05) is 13.0 Å². The molecule has 2 aromatic rings. The first-order valence-corrected chi connectivity index (χ1v) is 6.50. The Morgan fingerprint density at radius 3 is 2.50 bits per heavy atom. The number of amides is 2. The molecule has 0 bridgehead atoms. The fraction of sp³-hybridized carbons (Fsp3) is 0.133. The van der Waals surface area contributed by atoms with Crippen LogP contribution in [0.2, 0.25) is 5.02 Å². The van der Waals surface area contributed by atoms with E-state index in [2.05, 4.69) is 10.6 Å². The van der Waals surface area contributed by atoms with E-state index < -0.39 is 0 Å². The van der Waals surface area contributed by atoms with Gasteiger partial charge < -0.3 is 15.7 Å². The Bertz CT molecular complexity index is 629. The van der Waals surface area contributed by atoms with Crippen LogP contribution in [0.3, 0.4) is 0 Å². The molecule has 0 aliphatic heterocycles. The topological polar surface area (TPSA) is 61.4 Å². The summed E-state index contributed by atoms with van der Waals surface area (Å²) in [6.07, 6.45) is 0. The Labute approximate surface area is 122 Å². The lowest BCUT2D eigenvalue weighted by Gasteiger charge is -2.09. The number of benzene rings is 2. The van der Waals surface area contributed by atoms with Crippen LogP contribution < -0.4 is 10.6 Å². The first kappa shape index (κ1) is 14.4. The highest BCUT2D eigenvalue weighted by Gasteiger charge is 2.04. The fourth-order valence-electron chi connectivity index (χ4n) is 1.71. The number of rotatable bonds is 3. The maximum Gasteiger partial charge on any atom is 0.323 e. The number of aliphatic hydroxyl groups excluding tert-OH is 1. The van der Waals surface area contributed by atoms with Gasteiger partial charge in [0.2, 0.25) is 0 Å². The summed E-state index contributed by atoms with van der Waals surface area (Å²) < 4.78 is 0. The lowest BCUT2D eigenvalue weighted by atomic mass is 10.2. The van der Waals surface area contributed by atoms with Crippen LogP contribution in [-0.4, -0.2) is 11.1 Å². The van der Waals surface area contributed by atoms with E-state index >= 15 is 0 Å². The van der Waals surface area contributed by atoms with Crippen molar-refractivity contribution in [3.05, 3.63) is 58.6 Å². The van der Waals surface area contributed by atoms with Crippen LogP contribution >= 0.6 is 11.6 Å². The molecule has 0 spiro atoms. The molecule has 104 valence electrons. The maximum absolute atomic E-state index is 11.8.